The molecule has 1 aliphatic heterocycles. The van der Waals surface area contributed by atoms with Gasteiger partial charge >= 0.3 is 0 Å². The maximum Gasteiger partial charge on any atom is 0.227 e. The number of hydrogen-bond acceptors (Lipinski definition) is 2. The van der Waals surface area contributed by atoms with Gasteiger partial charge in [0.05, 0.1) is 6.54 Å². The highest BCUT2D eigenvalue weighted by atomic mass is 16.2. The molecule has 1 aliphatic rings. The van der Waals surface area contributed by atoms with Crippen molar-refractivity contribution >= 4 is 17.6 Å². The van der Waals surface area contributed by atoms with Crippen molar-refractivity contribution in [2.45, 2.75) is 33.2 Å². The van der Waals surface area contributed by atoms with Crippen LogP contribution in [0.25, 0.3) is 0 Å². The van der Waals surface area contributed by atoms with Gasteiger partial charge in [-0.05, 0) is 30.0 Å². The summed E-state index contributed by atoms with van der Waals surface area (Å²) in [7, 11) is 0. The molecule has 0 saturated carbocycles. The molecule has 0 atom stereocenters. The van der Waals surface area contributed by atoms with Crippen LogP contribution < -0.4 is 16.0 Å². The van der Waals surface area contributed by atoms with Crippen LogP contribution >= 0.6 is 0 Å². The minimum absolute atomic E-state index is 0.211. The summed E-state index contributed by atoms with van der Waals surface area (Å²) in [6.07, 6.45) is 1.60. The Bertz CT molecular complexity index is 508. The van der Waals surface area contributed by atoms with Crippen LogP contribution in [0.2, 0.25) is 0 Å². The maximum atomic E-state index is 11.7. The standard InChI is InChI=1S/C16H24N4O/c1-12(2)10-18-16(17)19-11-13-5-7-14(8-6-13)20-9-3-4-15(20)21/h5-8,12H,3-4,9-11H2,1-2H3,(H3,17,18,19). The molecule has 0 radical (unpaired) electrons. The van der Waals surface area contributed by atoms with Gasteiger partial charge in [-0.2, -0.15) is 0 Å². The van der Waals surface area contributed by atoms with Crippen LogP contribution in [-0.4, -0.2) is 25.0 Å². The number of nitrogens with two attached hydrogens (primary N) is 1. The minimum Gasteiger partial charge on any atom is -0.370 e. The van der Waals surface area contributed by atoms with Gasteiger partial charge in [-0.1, -0.05) is 26.0 Å². The summed E-state index contributed by atoms with van der Waals surface area (Å²) >= 11 is 0. The molecule has 0 bridgehead atoms. The van der Waals surface area contributed by atoms with Crippen LogP contribution in [0.3, 0.4) is 0 Å². The summed E-state index contributed by atoms with van der Waals surface area (Å²) < 4.78 is 0. The topological polar surface area (TPSA) is 70.7 Å². The highest BCUT2D eigenvalue weighted by Gasteiger charge is 2.21. The Hall–Kier alpha value is -2.04. The Labute approximate surface area is 126 Å². The van der Waals surface area contributed by atoms with Crippen molar-refractivity contribution in [1.82, 2.24) is 5.32 Å². The molecule has 1 amide bonds. The van der Waals surface area contributed by atoms with Crippen molar-refractivity contribution in [1.29, 1.82) is 0 Å². The second-order valence-corrected chi connectivity index (χ2v) is 5.79. The van der Waals surface area contributed by atoms with Crippen molar-refractivity contribution in [2.75, 3.05) is 18.0 Å². The minimum atomic E-state index is 0.211. The van der Waals surface area contributed by atoms with Crippen LogP contribution in [0, 0.1) is 5.92 Å². The average molecular weight is 288 g/mol. The monoisotopic (exact) mass is 288 g/mol. The molecule has 21 heavy (non-hydrogen) atoms. The fourth-order valence-electron chi connectivity index (χ4n) is 2.24. The van der Waals surface area contributed by atoms with Gasteiger partial charge in [0, 0.05) is 25.2 Å². The zero-order valence-electron chi connectivity index (χ0n) is 12.8. The summed E-state index contributed by atoms with van der Waals surface area (Å²) in [6.45, 7) is 6.44. The van der Waals surface area contributed by atoms with Crippen LogP contribution in [0.1, 0.15) is 32.3 Å². The summed E-state index contributed by atoms with van der Waals surface area (Å²) in [5, 5.41) is 3.09. The van der Waals surface area contributed by atoms with Crippen molar-refractivity contribution < 1.29 is 4.79 Å². The zero-order valence-corrected chi connectivity index (χ0v) is 12.8. The normalized spacial score (nSPS) is 15.9. The quantitative estimate of drug-likeness (QED) is 0.642. The van der Waals surface area contributed by atoms with Gasteiger partial charge in [-0.25, -0.2) is 4.99 Å². The van der Waals surface area contributed by atoms with Gasteiger partial charge in [0.25, 0.3) is 0 Å². The van der Waals surface area contributed by atoms with Crippen molar-refractivity contribution in [3.63, 3.8) is 0 Å². The van der Waals surface area contributed by atoms with E-state index in [-0.39, 0.29) is 5.91 Å². The Morgan fingerprint density at radius 2 is 2.10 bits per heavy atom. The van der Waals surface area contributed by atoms with E-state index in [1.54, 1.807) is 0 Å². The molecular formula is C16H24N4O. The van der Waals surface area contributed by atoms with Crippen LogP contribution in [0.4, 0.5) is 5.69 Å². The molecule has 5 heteroatoms. The molecule has 1 heterocycles. The predicted octanol–water partition coefficient (Wildman–Crippen LogP) is 1.87. The van der Waals surface area contributed by atoms with E-state index in [1.807, 2.05) is 29.2 Å². The van der Waals surface area contributed by atoms with Gasteiger partial charge in [-0.3, -0.25) is 4.79 Å². The number of carbonyl (C=O) groups is 1. The average Bonchev–Trinajstić information content (AvgIpc) is 2.89. The largest absolute Gasteiger partial charge is 0.370 e. The number of benzene rings is 1. The third kappa shape index (κ3) is 4.48. The first kappa shape index (κ1) is 15.4. The molecule has 114 valence electrons. The lowest BCUT2D eigenvalue weighted by Crippen LogP contribution is -2.34. The molecule has 1 aromatic carbocycles. The zero-order chi connectivity index (χ0) is 15.2. The van der Waals surface area contributed by atoms with Crippen LogP contribution in [-0.2, 0) is 11.3 Å². The lowest BCUT2D eigenvalue weighted by Gasteiger charge is -2.15. The number of hydrogen-bond donors (Lipinski definition) is 2. The lowest BCUT2D eigenvalue weighted by molar-refractivity contribution is -0.117. The fraction of sp³-hybridized carbons (Fsp3) is 0.500. The number of guanidine groups is 1. The first-order valence-corrected chi connectivity index (χ1v) is 7.49. The second kappa shape index (κ2) is 7.11. The molecule has 0 aliphatic carbocycles. The first-order valence-electron chi connectivity index (χ1n) is 7.49. The molecule has 0 aromatic heterocycles. The molecule has 1 saturated heterocycles. The van der Waals surface area contributed by atoms with Crippen molar-refractivity contribution in [3.05, 3.63) is 29.8 Å². The molecule has 1 aromatic rings. The Kier molecular flexibility index (Phi) is 5.20. The smallest absolute Gasteiger partial charge is 0.227 e. The Balaban J connectivity index is 1.90. The maximum absolute atomic E-state index is 11.7. The Morgan fingerprint density at radius 3 is 2.67 bits per heavy atom. The van der Waals surface area contributed by atoms with E-state index in [4.69, 9.17) is 5.73 Å². The van der Waals surface area contributed by atoms with E-state index < -0.39 is 0 Å². The second-order valence-electron chi connectivity index (χ2n) is 5.79. The SMILES string of the molecule is CC(C)CNC(N)=NCc1ccc(N2CCCC2=O)cc1. The number of carbonyl (C=O) groups excluding carboxylic acids is 1. The van der Waals surface area contributed by atoms with Gasteiger partial charge in [-0.15, -0.1) is 0 Å². The van der Waals surface area contributed by atoms with Gasteiger partial charge in [0.15, 0.2) is 5.96 Å². The van der Waals surface area contributed by atoms with Gasteiger partial charge in [0.2, 0.25) is 5.91 Å². The summed E-state index contributed by atoms with van der Waals surface area (Å²) in [5.41, 5.74) is 7.86. The van der Waals surface area contributed by atoms with E-state index in [9.17, 15) is 4.79 Å². The van der Waals surface area contributed by atoms with E-state index in [0.29, 0.717) is 24.8 Å². The number of aliphatic imine (C=N–C) groups is 1. The predicted molar refractivity (Wildman–Crippen MR) is 86.2 cm³/mol. The lowest BCUT2D eigenvalue weighted by atomic mass is 10.2. The van der Waals surface area contributed by atoms with E-state index in [1.165, 1.54) is 0 Å². The number of nitrogens with zero attached hydrogens (tertiary/aromatic N) is 2. The van der Waals surface area contributed by atoms with Crippen LogP contribution in [0.15, 0.2) is 29.3 Å². The molecule has 0 spiro atoms. The van der Waals surface area contributed by atoms with Crippen molar-refractivity contribution in [3.8, 4) is 0 Å². The van der Waals surface area contributed by atoms with E-state index in [2.05, 4.69) is 24.2 Å². The molecule has 2 rings (SSSR count). The summed E-state index contributed by atoms with van der Waals surface area (Å²) in [4.78, 5) is 17.8. The molecule has 0 unspecified atom stereocenters. The number of rotatable bonds is 5. The molecule has 1 fully saturated rings. The summed E-state index contributed by atoms with van der Waals surface area (Å²) in [5.74, 6) is 1.22. The third-order valence-electron chi connectivity index (χ3n) is 3.44. The van der Waals surface area contributed by atoms with E-state index >= 15 is 0 Å². The molecular weight excluding hydrogens is 264 g/mol. The van der Waals surface area contributed by atoms with Gasteiger partial charge in [0.1, 0.15) is 0 Å². The summed E-state index contributed by atoms with van der Waals surface area (Å²) in [6, 6.07) is 7.96. The van der Waals surface area contributed by atoms with E-state index in [0.717, 1.165) is 30.8 Å². The third-order valence-corrected chi connectivity index (χ3v) is 3.44. The number of nitrogens with one attached hydrogen (secondary N) is 1. The molecule has 5 nitrogen and oxygen atoms in total. The number of anilines is 1. The van der Waals surface area contributed by atoms with Gasteiger partial charge < -0.3 is 16.0 Å². The molecule has 3 N–H and O–H groups in total. The van der Waals surface area contributed by atoms with Crippen LogP contribution in [0.5, 0.6) is 0 Å². The highest BCUT2D eigenvalue weighted by Crippen LogP contribution is 2.21. The first-order chi connectivity index (χ1) is 10.1. The van der Waals surface area contributed by atoms with Crippen molar-refractivity contribution in [2.24, 2.45) is 16.6 Å². The Morgan fingerprint density at radius 1 is 1.38 bits per heavy atom. The highest BCUT2D eigenvalue weighted by molar-refractivity contribution is 5.95. The fourth-order valence-corrected chi connectivity index (χ4v) is 2.24. The number of amides is 1.